The number of nitrogens with zero attached hydrogens (tertiary/aromatic N) is 3. The van der Waals surface area contributed by atoms with Crippen LogP contribution in [0.15, 0.2) is 17.0 Å². The fourth-order valence-corrected chi connectivity index (χ4v) is 3.72. The number of carbonyl (C=O) groups excluding carboxylic acids is 2. The van der Waals surface area contributed by atoms with Crippen LogP contribution in [0.2, 0.25) is 0 Å². The lowest BCUT2D eigenvalue weighted by Gasteiger charge is -2.22. The Bertz CT molecular complexity index is 888. The zero-order valence-electron chi connectivity index (χ0n) is 18.6. The topological polar surface area (TPSA) is 121 Å². The molecule has 1 aliphatic rings. The van der Waals surface area contributed by atoms with Gasteiger partial charge in [-0.15, -0.1) is 0 Å². The van der Waals surface area contributed by atoms with Crippen LogP contribution in [0, 0.1) is 5.92 Å². The number of primary amides is 1. The average molecular weight is 498 g/mol. The first-order valence-electron chi connectivity index (χ1n) is 10.5. The number of esters is 1. The lowest BCUT2D eigenvalue weighted by Crippen LogP contribution is -2.27. The third-order valence-electron chi connectivity index (χ3n) is 4.58. The average Bonchev–Trinajstić information content (AvgIpc) is 3.10. The van der Waals surface area contributed by atoms with Gasteiger partial charge < -0.3 is 24.9 Å². The Morgan fingerprint density at radius 3 is 2.45 bits per heavy atom. The summed E-state index contributed by atoms with van der Waals surface area (Å²) in [4.78, 5) is 30.7. The highest BCUT2D eigenvalue weighted by Gasteiger charge is 2.17. The fraction of sp³-hybridized carbons (Fsp3) is 0.619. The molecule has 1 amide bonds. The van der Waals surface area contributed by atoms with Gasteiger partial charge in [0, 0.05) is 18.9 Å². The van der Waals surface area contributed by atoms with E-state index in [2.05, 4.69) is 36.0 Å². The number of fused-ring (bicyclic) bond motifs is 1. The Hall–Kier alpha value is -2.36. The standard InChI is InChI=1S/C16H21BrN4O2.C5H11NO2/c1-2-23-16(22)12-9-21-10-13(17)20-14(15(21)19-12)18-8-11-6-4-3-5-7-11;1-5(2,3)8-4(6)7/h9-11H,2-8H2,1H3,(H,18,20);1-3H3,(H2,6,7). The maximum absolute atomic E-state index is 11.9. The van der Waals surface area contributed by atoms with Crippen molar-refractivity contribution < 1.29 is 19.1 Å². The van der Waals surface area contributed by atoms with Gasteiger partial charge in [-0.05, 0) is 62.4 Å². The smallest absolute Gasteiger partial charge is 0.405 e. The van der Waals surface area contributed by atoms with Gasteiger partial charge >= 0.3 is 12.1 Å². The molecule has 10 heteroatoms. The van der Waals surface area contributed by atoms with E-state index in [1.165, 1.54) is 32.1 Å². The van der Waals surface area contributed by atoms with Crippen molar-refractivity contribution in [3.05, 3.63) is 22.7 Å². The van der Waals surface area contributed by atoms with Crippen LogP contribution in [0.3, 0.4) is 0 Å². The Morgan fingerprint density at radius 2 is 1.90 bits per heavy atom. The Labute approximate surface area is 191 Å². The molecule has 0 bridgehead atoms. The third kappa shape index (κ3) is 8.35. The first-order chi connectivity index (χ1) is 14.6. The van der Waals surface area contributed by atoms with Gasteiger partial charge in [0.05, 0.1) is 6.61 Å². The predicted octanol–water partition coefficient (Wildman–Crippen LogP) is 4.54. The van der Waals surface area contributed by atoms with Crippen LogP contribution < -0.4 is 11.1 Å². The molecule has 1 aliphatic carbocycles. The van der Waals surface area contributed by atoms with Crippen LogP contribution in [0.4, 0.5) is 10.6 Å². The largest absolute Gasteiger partial charge is 0.461 e. The summed E-state index contributed by atoms with van der Waals surface area (Å²) in [6.07, 6.45) is 9.23. The van der Waals surface area contributed by atoms with E-state index in [9.17, 15) is 9.59 Å². The van der Waals surface area contributed by atoms with Crippen molar-refractivity contribution in [2.45, 2.75) is 65.4 Å². The van der Waals surface area contributed by atoms with Crippen molar-refractivity contribution >= 4 is 39.5 Å². The summed E-state index contributed by atoms with van der Waals surface area (Å²) in [5.41, 5.74) is 5.21. The van der Waals surface area contributed by atoms with Gasteiger partial charge in [0.2, 0.25) is 0 Å². The van der Waals surface area contributed by atoms with E-state index in [0.29, 0.717) is 34.3 Å². The van der Waals surface area contributed by atoms with E-state index < -0.39 is 17.7 Å². The molecular weight excluding hydrogens is 466 g/mol. The lowest BCUT2D eigenvalue weighted by atomic mass is 9.89. The van der Waals surface area contributed by atoms with Crippen LogP contribution in [0.25, 0.3) is 5.65 Å². The first kappa shape index (κ1) is 24.9. The Balaban J connectivity index is 0.000000366. The van der Waals surface area contributed by atoms with E-state index in [0.717, 1.165) is 6.54 Å². The highest BCUT2D eigenvalue weighted by molar-refractivity contribution is 9.10. The number of imidazole rings is 1. The summed E-state index contributed by atoms with van der Waals surface area (Å²) in [5, 5.41) is 3.41. The highest BCUT2D eigenvalue weighted by atomic mass is 79.9. The predicted molar refractivity (Wildman–Crippen MR) is 122 cm³/mol. The number of ether oxygens (including phenoxy) is 2. The minimum absolute atomic E-state index is 0.299. The van der Waals surface area contributed by atoms with E-state index in [4.69, 9.17) is 10.5 Å². The number of hydrogen-bond donors (Lipinski definition) is 2. The van der Waals surface area contributed by atoms with Gasteiger partial charge in [0.1, 0.15) is 10.2 Å². The molecule has 1 saturated carbocycles. The zero-order chi connectivity index (χ0) is 23.0. The van der Waals surface area contributed by atoms with Gasteiger partial charge in [-0.2, -0.15) is 0 Å². The van der Waals surface area contributed by atoms with Crippen molar-refractivity contribution in [3.8, 4) is 0 Å². The van der Waals surface area contributed by atoms with Crippen LogP contribution in [-0.4, -0.2) is 45.2 Å². The van der Waals surface area contributed by atoms with Gasteiger partial charge in [0.25, 0.3) is 0 Å². The highest BCUT2D eigenvalue weighted by Crippen LogP contribution is 2.25. The second-order valence-electron chi connectivity index (χ2n) is 8.41. The maximum Gasteiger partial charge on any atom is 0.405 e. The SMILES string of the molecule is CC(C)(C)OC(N)=O.CCOC(=O)c1cn2cc(Br)nc(NCC3CCCCC3)c2n1. The number of nitrogens with one attached hydrogen (secondary N) is 1. The summed E-state index contributed by atoms with van der Waals surface area (Å²) in [7, 11) is 0. The van der Waals surface area contributed by atoms with Crippen molar-refractivity contribution in [2.75, 3.05) is 18.5 Å². The number of anilines is 1. The number of carbonyl (C=O) groups is 2. The summed E-state index contributed by atoms with van der Waals surface area (Å²) in [6.45, 7) is 8.29. The minimum Gasteiger partial charge on any atom is -0.461 e. The number of hydrogen-bond acceptors (Lipinski definition) is 7. The van der Waals surface area contributed by atoms with E-state index in [1.807, 2.05) is 0 Å². The second-order valence-corrected chi connectivity index (χ2v) is 9.22. The van der Waals surface area contributed by atoms with Crippen molar-refractivity contribution in [1.29, 1.82) is 0 Å². The van der Waals surface area contributed by atoms with Crippen LogP contribution in [0.5, 0.6) is 0 Å². The van der Waals surface area contributed by atoms with Gasteiger partial charge in [-0.3, -0.25) is 0 Å². The van der Waals surface area contributed by atoms with Crippen molar-refractivity contribution in [2.24, 2.45) is 11.7 Å². The van der Waals surface area contributed by atoms with E-state index in [1.54, 1.807) is 44.5 Å². The minimum atomic E-state index is -0.725. The number of rotatable bonds is 5. The van der Waals surface area contributed by atoms with Crippen LogP contribution in [-0.2, 0) is 9.47 Å². The zero-order valence-corrected chi connectivity index (χ0v) is 20.2. The molecule has 1 fully saturated rings. The van der Waals surface area contributed by atoms with Gasteiger partial charge in [-0.25, -0.2) is 19.6 Å². The number of halogens is 1. The molecule has 3 rings (SSSR count). The molecule has 0 atom stereocenters. The first-order valence-corrected chi connectivity index (χ1v) is 11.3. The number of aromatic nitrogens is 3. The summed E-state index contributed by atoms with van der Waals surface area (Å²) in [5.74, 6) is 0.968. The molecule has 3 N–H and O–H groups in total. The summed E-state index contributed by atoms with van der Waals surface area (Å²) >= 11 is 3.41. The molecule has 0 radical (unpaired) electrons. The molecule has 0 aliphatic heterocycles. The lowest BCUT2D eigenvalue weighted by molar-refractivity contribution is 0.0519. The van der Waals surface area contributed by atoms with Crippen molar-refractivity contribution in [3.63, 3.8) is 0 Å². The normalized spacial score (nSPS) is 14.5. The maximum atomic E-state index is 11.9. The molecule has 0 aromatic carbocycles. The van der Waals surface area contributed by atoms with Crippen molar-refractivity contribution in [1.82, 2.24) is 14.4 Å². The molecule has 31 heavy (non-hydrogen) atoms. The quantitative estimate of drug-likeness (QED) is 0.581. The molecule has 9 nitrogen and oxygen atoms in total. The third-order valence-corrected chi connectivity index (χ3v) is 4.96. The van der Waals surface area contributed by atoms with Crippen LogP contribution >= 0.6 is 15.9 Å². The number of nitrogens with two attached hydrogens (primary N) is 1. The monoisotopic (exact) mass is 497 g/mol. The van der Waals surface area contributed by atoms with E-state index in [-0.39, 0.29) is 0 Å². The van der Waals surface area contributed by atoms with Gasteiger partial charge in [-0.1, -0.05) is 19.3 Å². The molecule has 0 spiro atoms. The molecule has 2 aromatic heterocycles. The van der Waals surface area contributed by atoms with Crippen LogP contribution in [0.1, 0.15) is 70.3 Å². The summed E-state index contributed by atoms with van der Waals surface area (Å²) < 4.78 is 12.1. The summed E-state index contributed by atoms with van der Waals surface area (Å²) in [6, 6.07) is 0. The van der Waals surface area contributed by atoms with E-state index >= 15 is 0 Å². The molecule has 2 aromatic rings. The molecular formula is C21H32BrN5O4. The molecule has 0 unspecified atom stereocenters. The molecule has 0 saturated heterocycles. The fourth-order valence-electron chi connectivity index (χ4n) is 3.32. The number of amides is 1. The van der Waals surface area contributed by atoms with Gasteiger partial charge in [0.15, 0.2) is 17.2 Å². The Kier molecular flexibility index (Phi) is 9.09. The Morgan fingerprint density at radius 1 is 1.23 bits per heavy atom. The molecule has 2 heterocycles. The molecule has 172 valence electrons. The second kappa shape index (κ2) is 11.3.